The highest BCUT2D eigenvalue weighted by Gasteiger charge is 2.55. The molecule has 0 radical (unpaired) electrons. The third kappa shape index (κ3) is 3.44. The van der Waals surface area contributed by atoms with Crippen molar-refractivity contribution in [2.24, 2.45) is 5.92 Å². The average molecular weight is 451 g/mol. The Morgan fingerprint density at radius 3 is 2.56 bits per heavy atom. The summed E-state index contributed by atoms with van der Waals surface area (Å²) in [7, 11) is 0. The molecule has 2 atom stereocenters. The molecule has 0 aliphatic carbocycles. The van der Waals surface area contributed by atoms with E-state index in [0.717, 1.165) is 17.3 Å². The van der Waals surface area contributed by atoms with Crippen LogP contribution in [0.1, 0.15) is 42.6 Å². The third-order valence-electron chi connectivity index (χ3n) is 5.12. The van der Waals surface area contributed by atoms with Gasteiger partial charge in [-0.15, -0.1) is 0 Å². The molecule has 4 nitrogen and oxygen atoms in total. The van der Waals surface area contributed by atoms with Crippen LogP contribution in [0.2, 0.25) is 5.02 Å². The molecule has 142 valence electrons. The van der Waals surface area contributed by atoms with E-state index in [1.165, 1.54) is 0 Å². The first-order valence-electron chi connectivity index (χ1n) is 8.94. The maximum absolute atomic E-state index is 13.2. The summed E-state index contributed by atoms with van der Waals surface area (Å²) in [5, 5.41) is 12.0. The van der Waals surface area contributed by atoms with Crippen LogP contribution in [0, 0.1) is 5.92 Å². The van der Waals surface area contributed by atoms with Gasteiger partial charge in [-0.05, 0) is 48.9 Å². The van der Waals surface area contributed by atoms with Gasteiger partial charge in [-0.3, -0.25) is 9.59 Å². The summed E-state index contributed by atoms with van der Waals surface area (Å²) in [5.41, 5.74) is -0.358. The lowest BCUT2D eigenvalue weighted by Gasteiger charge is -2.28. The Balaban J connectivity index is 2.04. The van der Waals surface area contributed by atoms with Gasteiger partial charge < -0.3 is 10.0 Å². The van der Waals surface area contributed by atoms with Crippen molar-refractivity contribution in [2.45, 2.75) is 32.3 Å². The lowest BCUT2D eigenvalue weighted by atomic mass is 9.79. The number of amides is 1. The highest BCUT2D eigenvalue weighted by Crippen LogP contribution is 2.46. The Bertz CT molecular complexity index is 883. The number of rotatable bonds is 6. The van der Waals surface area contributed by atoms with Gasteiger partial charge in [-0.2, -0.15) is 0 Å². The predicted molar refractivity (Wildman–Crippen MR) is 110 cm³/mol. The predicted octanol–water partition coefficient (Wildman–Crippen LogP) is 4.96. The molecule has 0 aromatic heterocycles. The van der Waals surface area contributed by atoms with Crippen molar-refractivity contribution in [1.29, 1.82) is 0 Å². The Morgan fingerprint density at radius 2 is 1.93 bits per heavy atom. The van der Waals surface area contributed by atoms with Crippen LogP contribution in [-0.2, 0) is 10.4 Å². The molecule has 3 rings (SSSR count). The number of Topliss-reactive ketones (excluding diaryl/α,β-unsaturated/α-hetero) is 1. The van der Waals surface area contributed by atoms with E-state index in [2.05, 4.69) is 15.9 Å². The number of ketones is 1. The second-order valence-electron chi connectivity index (χ2n) is 6.83. The number of hydrogen-bond donors (Lipinski definition) is 1. The fraction of sp³-hybridized carbons (Fsp3) is 0.333. The van der Waals surface area contributed by atoms with Crippen molar-refractivity contribution in [1.82, 2.24) is 0 Å². The van der Waals surface area contributed by atoms with Crippen molar-refractivity contribution in [2.75, 3.05) is 11.4 Å². The van der Waals surface area contributed by atoms with Crippen molar-refractivity contribution in [3.63, 3.8) is 0 Å². The summed E-state index contributed by atoms with van der Waals surface area (Å²) >= 11 is 9.31. The monoisotopic (exact) mass is 449 g/mol. The molecule has 1 heterocycles. The highest BCUT2D eigenvalue weighted by atomic mass is 79.9. The van der Waals surface area contributed by atoms with Crippen molar-refractivity contribution in [3.05, 3.63) is 63.1 Å². The number of anilines is 1. The molecule has 6 heteroatoms. The zero-order valence-electron chi connectivity index (χ0n) is 15.2. The van der Waals surface area contributed by atoms with E-state index in [4.69, 9.17) is 11.6 Å². The van der Waals surface area contributed by atoms with Gasteiger partial charge in [0.1, 0.15) is 0 Å². The summed E-state index contributed by atoms with van der Waals surface area (Å²) in [6.07, 6.45) is 1.74. The molecule has 1 aliphatic heterocycles. The molecular weight excluding hydrogens is 430 g/mol. The van der Waals surface area contributed by atoms with Crippen molar-refractivity contribution in [3.8, 4) is 0 Å². The van der Waals surface area contributed by atoms with Gasteiger partial charge >= 0.3 is 0 Å². The number of aliphatic hydroxyl groups is 1. The maximum atomic E-state index is 13.2. The van der Waals surface area contributed by atoms with E-state index in [9.17, 15) is 14.7 Å². The van der Waals surface area contributed by atoms with Gasteiger partial charge in [-0.25, -0.2) is 0 Å². The summed E-state index contributed by atoms with van der Waals surface area (Å²) in [5.74, 6) is -1.68. The van der Waals surface area contributed by atoms with E-state index < -0.39 is 17.4 Å². The molecule has 0 saturated heterocycles. The largest absolute Gasteiger partial charge is 0.375 e. The van der Waals surface area contributed by atoms with Gasteiger partial charge in [0.2, 0.25) is 0 Å². The lowest BCUT2D eigenvalue weighted by Crippen LogP contribution is -2.47. The number of benzene rings is 2. The number of nitrogens with zero attached hydrogens (tertiary/aromatic N) is 1. The lowest BCUT2D eigenvalue weighted by molar-refractivity contribution is -0.139. The Kier molecular flexibility index (Phi) is 5.75. The standard InChI is InChI=1S/C21H21BrClNO3/c1-3-4-11-24-18-10-7-15(22)12-17(18)21(27,20(24)26)13(2)19(25)14-5-8-16(23)9-6-14/h5-10,12-13,27H,3-4,11H2,1-2H3/t13-,21+/m1/s1. The summed E-state index contributed by atoms with van der Waals surface area (Å²) in [4.78, 5) is 27.8. The molecular formula is C21H21BrClNO3. The van der Waals surface area contributed by atoms with Crippen molar-refractivity contribution < 1.29 is 14.7 Å². The van der Waals surface area contributed by atoms with E-state index in [1.807, 2.05) is 19.1 Å². The SMILES string of the molecule is CCCCN1C(=O)[C@](O)([C@H](C)C(=O)c2ccc(Cl)cc2)c2cc(Br)ccc21. The third-order valence-corrected chi connectivity index (χ3v) is 5.86. The van der Waals surface area contributed by atoms with E-state index in [0.29, 0.717) is 28.4 Å². The van der Waals surface area contributed by atoms with Gasteiger partial charge in [0.15, 0.2) is 11.4 Å². The second kappa shape index (κ2) is 7.74. The molecule has 0 spiro atoms. The quantitative estimate of drug-likeness (QED) is 0.633. The summed E-state index contributed by atoms with van der Waals surface area (Å²) < 4.78 is 0.746. The van der Waals surface area contributed by atoms with Crippen LogP contribution in [0.3, 0.4) is 0 Å². The minimum absolute atomic E-state index is 0.300. The van der Waals surface area contributed by atoms with Crippen LogP contribution in [0.25, 0.3) is 0 Å². The fourth-order valence-electron chi connectivity index (χ4n) is 3.49. The highest BCUT2D eigenvalue weighted by molar-refractivity contribution is 9.10. The van der Waals surface area contributed by atoms with Crippen LogP contribution in [0.4, 0.5) is 5.69 Å². The summed E-state index contributed by atoms with van der Waals surface area (Å²) in [6.45, 7) is 4.15. The van der Waals surface area contributed by atoms with Crippen molar-refractivity contribution >= 4 is 44.9 Å². The van der Waals surface area contributed by atoms with Crippen LogP contribution in [0.15, 0.2) is 46.9 Å². The minimum Gasteiger partial charge on any atom is -0.375 e. The van der Waals surface area contributed by atoms with Gasteiger partial charge in [0.25, 0.3) is 5.91 Å². The van der Waals surface area contributed by atoms with Crippen LogP contribution in [0.5, 0.6) is 0 Å². The molecule has 2 aromatic carbocycles. The number of unbranched alkanes of at least 4 members (excludes halogenated alkanes) is 1. The topological polar surface area (TPSA) is 57.6 Å². The molecule has 0 bridgehead atoms. The number of hydrogen-bond acceptors (Lipinski definition) is 3. The normalized spacial score (nSPS) is 19.9. The molecule has 0 saturated carbocycles. The average Bonchev–Trinajstić information content (AvgIpc) is 2.87. The van der Waals surface area contributed by atoms with E-state index in [-0.39, 0.29) is 5.78 Å². The first-order valence-corrected chi connectivity index (χ1v) is 10.1. The van der Waals surface area contributed by atoms with E-state index in [1.54, 1.807) is 42.2 Å². The number of carbonyl (C=O) groups is 2. The fourth-order valence-corrected chi connectivity index (χ4v) is 3.98. The second-order valence-corrected chi connectivity index (χ2v) is 8.18. The van der Waals surface area contributed by atoms with Crippen LogP contribution < -0.4 is 4.90 Å². The molecule has 1 N–H and O–H groups in total. The molecule has 0 unspecified atom stereocenters. The molecule has 2 aromatic rings. The van der Waals surface area contributed by atoms with Crippen LogP contribution >= 0.6 is 27.5 Å². The zero-order valence-corrected chi connectivity index (χ0v) is 17.5. The first kappa shape index (κ1) is 20.1. The van der Waals surface area contributed by atoms with E-state index >= 15 is 0 Å². The van der Waals surface area contributed by atoms with Gasteiger partial charge in [0, 0.05) is 27.2 Å². The number of fused-ring (bicyclic) bond motifs is 1. The Hall–Kier alpha value is -1.69. The number of halogens is 2. The Labute approximate surface area is 172 Å². The van der Waals surface area contributed by atoms with Crippen LogP contribution in [-0.4, -0.2) is 23.3 Å². The number of carbonyl (C=O) groups excluding carboxylic acids is 2. The summed E-state index contributed by atoms with van der Waals surface area (Å²) in [6, 6.07) is 11.8. The van der Waals surface area contributed by atoms with Gasteiger partial charge in [0.05, 0.1) is 11.6 Å². The Morgan fingerprint density at radius 1 is 1.26 bits per heavy atom. The first-order chi connectivity index (χ1) is 12.8. The smallest absolute Gasteiger partial charge is 0.264 e. The van der Waals surface area contributed by atoms with Gasteiger partial charge in [-0.1, -0.05) is 47.8 Å². The molecule has 0 fully saturated rings. The molecule has 1 amide bonds. The molecule has 27 heavy (non-hydrogen) atoms. The zero-order chi connectivity index (χ0) is 19.8. The maximum Gasteiger partial charge on any atom is 0.264 e. The minimum atomic E-state index is -1.90. The molecule has 1 aliphatic rings.